The van der Waals surface area contributed by atoms with E-state index in [9.17, 15) is 18.8 Å². The highest BCUT2D eigenvalue weighted by atomic mass is 19.1. The predicted molar refractivity (Wildman–Crippen MR) is 117 cm³/mol. The summed E-state index contributed by atoms with van der Waals surface area (Å²) in [5.74, 6) is -0.333. The maximum absolute atomic E-state index is 13.0. The fraction of sp³-hybridized carbons (Fsp3) is 0.292. The molecule has 2 amide bonds. The number of hydrogen-bond donors (Lipinski definition) is 0. The average Bonchev–Trinajstić information content (AvgIpc) is 3.05. The van der Waals surface area contributed by atoms with Gasteiger partial charge < -0.3 is 19.3 Å². The number of nitrogens with zero attached hydrogens (tertiary/aromatic N) is 2. The van der Waals surface area contributed by atoms with Crippen molar-refractivity contribution in [1.29, 1.82) is 0 Å². The second-order valence-corrected chi connectivity index (χ2v) is 7.17. The van der Waals surface area contributed by atoms with Crippen molar-refractivity contribution in [2.45, 2.75) is 13.3 Å². The van der Waals surface area contributed by atoms with Gasteiger partial charge in [0.2, 0.25) is 5.91 Å². The van der Waals surface area contributed by atoms with E-state index in [0.29, 0.717) is 43.9 Å². The first-order chi connectivity index (χ1) is 15.5. The van der Waals surface area contributed by atoms with Gasteiger partial charge in [-0.25, -0.2) is 9.18 Å². The maximum atomic E-state index is 13.0. The van der Waals surface area contributed by atoms with Crippen LogP contribution in [0, 0.1) is 5.82 Å². The van der Waals surface area contributed by atoms with Crippen LogP contribution in [0.1, 0.15) is 29.3 Å². The van der Waals surface area contributed by atoms with Crippen LogP contribution in [0.25, 0.3) is 6.08 Å². The van der Waals surface area contributed by atoms with Gasteiger partial charge in [0.05, 0.1) is 6.61 Å². The van der Waals surface area contributed by atoms with Crippen LogP contribution >= 0.6 is 0 Å². The lowest BCUT2D eigenvalue weighted by Crippen LogP contribution is -2.36. The van der Waals surface area contributed by atoms with Crippen LogP contribution in [-0.2, 0) is 9.53 Å². The normalized spacial score (nSPS) is 14.2. The van der Waals surface area contributed by atoms with E-state index in [2.05, 4.69) is 0 Å². The van der Waals surface area contributed by atoms with Gasteiger partial charge in [0.15, 0.2) is 0 Å². The van der Waals surface area contributed by atoms with Crippen molar-refractivity contribution in [3.05, 3.63) is 71.6 Å². The van der Waals surface area contributed by atoms with Gasteiger partial charge in [-0.2, -0.15) is 0 Å². The molecule has 7 nitrogen and oxygen atoms in total. The number of halogens is 1. The number of carbonyl (C=O) groups excluding carboxylic acids is 3. The third-order valence-corrected chi connectivity index (χ3v) is 4.95. The zero-order chi connectivity index (χ0) is 22.9. The molecule has 1 saturated heterocycles. The largest absolute Gasteiger partial charge is 0.513 e. The average molecular weight is 440 g/mol. The van der Waals surface area contributed by atoms with Gasteiger partial charge in [0, 0.05) is 37.8 Å². The van der Waals surface area contributed by atoms with Gasteiger partial charge >= 0.3 is 6.16 Å². The van der Waals surface area contributed by atoms with E-state index in [1.807, 2.05) is 0 Å². The summed E-state index contributed by atoms with van der Waals surface area (Å²) in [6.45, 7) is 3.80. The first kappa shape index (κ1) is 23.0. The molecule has 0 aromatic heterocycles. The van der Waals surface area contributed by atoms with E-state index in [1.165, 1.54) is 30.3 Å². The minimum Gasteiger partial charge on any atom is -0.434 e. The smallest absolute Gasteiger partial charge is 0.434 e. The third-order valence-electron chi connectivity index (χ3n) is 4.95. The van der Waals surface area contributed by atoms with Crippen molar-refractivity contribution in [3.63, 3.8) is 0 Å². The van der Waals surface area contributed by atoms with Crippen LogP contribution in [0.5, 0.6) is 5.75 Å². The van der Waals surface area contributed by atoms with Crippen molar-refractivity contribution in [2.24, 2.45) is 0 Å². The molecule has 0 atom stereocenters. The van der Waals surface area contributed by atoms with E-state index < -0.39 is 6.16 Å². The van der Waals surface area contributed by atoms with Gasteiger partial charge in [-0.05, 0) is 61.4 Å². The summed E-state index contributed by atoms with van der Waals surface area (Å²) < 4.78 is 22.7. The molecule has 0 saturated carbocycles. The highest BCUT2D eigenvalue weighted by Gasteiger charge is 2.22. The molecule has 1 heterocycles. The van der Waals surface area contributed by atoms with Crippen LogP contribution in [0.3, 0.4) is 0 Å². The van der Waals surface area contributed by atoms with Crippen molar-refractivity contribution in [2.75, 3.05) is 32.8 Å². The molecule has 8 heteroatoms. The standard InChI is InChI=1S/C24H25FN2O5/c1-2-31-24(30)32-21-11-7-19(8-12-21)23(29)27-15-3-14-26(16-17-27)22(28)13-6-18-4-9-20(25)10-5-18/h4-13H,2-3,14-17H2,1H3/b13-6+. The van der Waals surface area contributed by atoms with Gasteiger partial charge in [-0.15, -0.1) is 0 Å². The molecule has 0 aliphatic carbocycles. The van der Waals surface area contributed by atoms with Gasteiger partial charge in [0.25, 0.3) is 5.91 Å². The second kappa shape index (κ2) is 11.1. The highest BCUT2D eigenvalue weighted by Crippen LogP contribution is 2.16. The molecule has 0 bridgehead atoms. The molecule has 0 N–H and O–H groups in total. The Morgan fingerprint density at radius 1 is 0.938 bits per heavy atom. The van der Waals surface area contributed by atoms with Crippen molar-refractivity contribution in [1.82, 2.24) is 9.80 Å². The molecule has 2 aromatic carbocycles. The topological polar surface area (TPSA) is 76.2 Å². The summed E-state index contributed by atoms with van der Waals surface area (Å²) in [4.78, 5) is 40.1. The Labute approximate surface area is 186 Å². The molecule has 1 aliphatic rings. The van der Waals surface area contributed by atoms with Gasteiger partial charge in [-0.1, -0.05) is 12.1 Å². The lowest BCUT2D eigenvalue weighted by Gasteiger charge is -2.21. The van der Waals surface area contributed by atoms with Gasteiger partial charge in [0.1, 0.15) is 11.6 Å². The number of rotatable bonds is 5. The zero-order valence-corrected chi connectivity index (χ0v) is 17.8. The first-order valence-electron chi connectivity index (χ1n) is 10.4. The number of hydrogen-bond acceptors (Lipinski definition) is 5. The molecule has 1 aliphatic heterocycles. The van der Waals surface area contributed by atoms with Crippen LogP contribution in [0.2, 0.25) is 0 Å². The molecule has 3 rings (SSSR count). The molecular weight excluding hydrogens is 415 g/mol. The van der Waals surface area contributed by atoms with E-state index in [4.69, 9.17) is 9.47 Å². The van der Waals surface area contributed by atoms with E-state index >= 15 is 0 Å². The third kappa shape index (κ3) is 6.41. The molecule has 0 spiro atoms. The fourth-order valence-corrected chi connectivity index (χ4v) is 3.28. The van der Waals surface area contributed by atoms with Gasteiger partial charge in [-0.3, -0.25) is 9.59 Å². The van der Waals surface area contributed by atoms with Crippen LogP contribution < -0.4 is 4.74 Å². The van der Waals surface area contributed by atoms with Crippen LogP contribution in [0.15, 0.2) is 54.6 Å². The molecule has 1 fully saturated rings. The quantitative estimate of drug-likeness (QED) is 0.402. The number of amides is 2. The molecule has 2 aromatic rings. The van der Waals surface area contributed by atoms with E-state index in [0.717, 1.165) is 5.56 Å². The number of benzene rings is 2. The Morgan fingerprint density at radius 3 is 2.28 bits per heavy atom. The summed E-state index contributed by atoms with van der Waals surface area (Å²) in [5, 5.41) is 0. The van der Waals surface area contributed by atoms with Crippen molar-refractivity contribution >= 4 is 24.0 Å². The maximum Gasteiger partial charge on any atom is 0.513 e. The monoisotopic (exact) mass is 440 g/mol. The van der Waals surface area contributed by atoms with Crippen LogP contribution in [-0.4, -0.2) is 60.6 Å². The summed E-state index contributed by atoms with van der Waals surface area (Å²) in [6.07, 6.45) is 2.98. The summed E-state index contributed by atoms with van der Waals surface area (Å²) in [5.41, 5.74) is 1.21. The molecular formula is C24H25FN2O5. The lowest BCUT2D eigenvalue weighted by atomic mass is 10.2. The minimum absolute atomic E-state index is 0.149. The SMILES string of the molecule is CCOC(=O)Oc1ccc(C(=O)N2CCCN(C(=O)/C=C/c3ccc(F)cc3)CC2)cc1. The Morgan fingerprint density at radius 2 is 1.59 bits per heavy atom. The first-order valence-corrected chi connectivity index (χ1v) is 10.4. The molecule has 0 unspecified atom stereocenters. The van der Waals surface area contributed by atoms with Crippen LogP contribution in [0.4, 0.5) is 9.18 Å². The van der Waals surface area contributed by atoms with Crippen molar-refractivity contribution in [3.8, 4) is 5.75 Å². The predicted octanol–water partition coefficient (Wildman–Crippen LogP) is 3.75. The Hall–Kier alpha value is -3.68. The Bertz CT molecular complexity index is 973. The Kier molecular flexibility index (Phi) is 7.96. The molecule has 32 heavy (non-hydrogen) atoms. The van der Waals surface area contributed by atoms with Crippen molar-refractivity contribution < 1.29 is 28.2 Å². The minimum atomic E-state index is -0.794. The highest BCUT2D eigenvalue weighted by molar-refractivity contribution is 5.95. The van der Waals surface area contributed by atoms with E-state index in [1.54, 1.807) is 47.1 Å². The van der Waals surface area contributed by atoms with E-state index in [-0.39, 0.29) is 24.2 Å². The Balaban J connectivity index is 1.54. The lowest BCUT2D eigenvalue weighted by molar-refractivity contribution is -0.125. The summed E-state index contributed by atoms with van der Waals surface area (Å²) in [7, 11) is 0. The second-order valence-electron chi connectivity index (χ2n) is 7.17. The summed E-state index contributed by atoms with van der Waals surface area (Å²) >= 11 is 0. The summed E-state index contributed by atoms with van der Waals surface area (Å²) in [6, 6.07) is 12.2. The molecule has 0 radical (unpaired) electrons. The fourth-order valence-electron chi connectivity index (χ4n) is 3.28. The zero-order valence-electron chi connectivity index (χ0n) is 17.8. The molecule has 168 valence electrons. The number of carbonyl (C=O) groups is 3. The number of ether oxygens (including phenoxy) is 2.